The molecule has 19 heavy (non-hydrogen) atoms. The van der Waals surface area contributed by atoms with E-state index in [1.807, 2.05) is 6.07 Å². The predicted octanol–water partition coefficient (Wildman–Crippen LogP) is 2.88. The van der Waals surface area contributed by atoms with Gasteiger partial charge in [0, 0.05) is 31.5 Å². The molecule has 4 heteroatoms. The molecule has 0 spiro atoms. The van der Waals surface area contributed by atoms with Gasteiger partial charge in [-0.05, 0) is 38.8 Å². The standard InChI is InChI=1S/C15H22FNO2/c1-11(18)14-12(16)6-4-7-13(14)17-9-5-8-15(2,10-17)19-3/h4,6-7,11,18H,5,8-10H2,1-3H3. The predicted molar refractivity (Wildman–Crippen MR) is 73.9 cm³/mol. The first-order chi connectivity index (χ1) is 8.97. The number of anilines is 1. The van der Waals surface area contributed by atoms with Crippen molar-refractivity contribution in [3.8, 4) is 0 Å². The monoisotopic (exact) mass is 267 g/mol. The Balaban J connectivity index is 2.34. The van der Waals surface area contributed by atoms with Gasteiger partial charge in [-0.3, -0.25) is 0 Å². The van der Waals surface area contributed by atoms with Crippen molar-refractivity contribution in [3.63, 3.8) is 0 Å². The molecular weight excluding hydrogens is 245 g/mol. The van der Waals surface area contributed by atoms with Crippen LogP contribution in [0.4, 0.5) is 10.1 Å². The van der Waals surface area contributed by atoms with Gasteiger partial charge in [0.05, 0.1) is 11.7 Å². The number of hydrogen-bond donors (Lipinski definition) is 1. The van der Waals surface area contributed by atoms with Gasteiger partial charge in [0.15, 0.2) is 0 Å². The minimum absolute atomic E-state index is 0.208. The average molecular weight is 267 g/mol. The Bertz CT molecular complexity index is 450. The van der Waals surface area contributed by atoms with E-state index in [0.29, 0.717) is 12.1 Å². The Hall–Kier alpha value is -1.13. The van der Waals surface area contributed by atoms with Crippen LogP contribution in [0.5, 0.6) is 0 Å². The molecule has 1 aromatic rings. The largest absolute Gasteiger partial charge is 0.389 e. The maximum absolute atomic E-state index is 13.9. The summed E-state index contributed by atoms with van der Waals surface area (Å²) in [5.74, 6) is -0.350. The molecule has 2 unspecified atom stereocenters. The summed E-state index contributed by atoms with van der Waals surface area (Å²) in [4.78, 5) is 2.11. The maximum Gasteiger partial charge on any atom is 0.131 e. The first-order valence-electron chi connectivity index (χ1n) is 6.73. The van der Waals surface area contributed by atoms with Crippen LogP contribution < -0.4 is 4.90 Å². The maximum atomic E-state index is 13.9. The Morgan fingerprint density at radius 3 is 2.84 bits per heavy atom. The molecule has 0 radical (unpaired) electrons. The fourth-order valence-electron chi connectivity index (χ4n) is 2.79. The number of benzene rings is 1. The van der Waals surface area contributed by atoms with E-state index in [1.54, 1.807) is 20.1 Å². The van der Waals surface area contributed by atoms with Gasteiger partial charge in [0.2, 0.25) is 0 Å². The second-order valence-corrected chi connectivity index (χ2v) is 5.53. The molecule has 2 atom stereocenters. The van der Waals surface area contributed by atoms with Gasteiger partial charge in [-0.1, -0.05) is 6.07 Å². The highest BCUT2D eigenvalue weighted by atomic mass is 19.1. The van der Waals surface area contributed by atoms with Crippen molar-refractivity contribution in [3.05, 3.63) is 29.6 Å². The molecule has 0 bridgehead atoms. The number of ether oxygens (including phenoxy) is 1. The van der Waals surface area contributed by atoms with Crippen LogP contribution in [-0.4, -0.2) is 30.9 Å². The van der Waals surface area contributed by atoms with E-state index in [4.69, 9.17) is 4.74 Å². The second kappa shape index (κ2) is 5.47. The number of halogens is 1. The number of hydrogen-bond acceptors (Lipinski definition) is 3. The first-order valence-corrected chi connectivity index (χ1v) is 6.73. The molecule has 1 aliphatic heterocycles. The molecule has 106 valence electrons. The van der Waals surface area contributed by atoms with E-state index in [2.05, 4.69) is 11.8 Å². The van der Waals surface area contributed by atoms with E-state index in [-0.39, 0.29) is 11.4 Å². The van der Waals surface area contributed by atoms with Crippen LogP contribution in [0.15, 0.2) is 18.2 Å². The van der Waals surface area contributed by atoms with Crippen LogP contribution >= 0.6 is 0 Å². The van der Waals surface area contributed by atoms with Crippen LogP contribution in [0.2, 0.25) is 0 Å². The molecule has 1 heterocycles. The van der Waals surface area contributed by atoms with Crippen molar-refractivity contribution in [2.45, 2.75) is 38.4 Å². The van der Waals surface area contributed by atoms with Crippen LogP contribution in [0.3, 0.4) is 0 Å². The van der Waals surface area contributed by atoms with Gasteiger partial charge in [-0.25, -0.2) is 4.39 Å². The normalized spacial score (nSPS) is 25.4. The smallest absolute Gasteiger partial charge is 0.131 e. The topological polar surface area (TPSA) is 32.7 Å². The molecule has 0 aliphatic carbocycles. The van der Waals surface area contributed by atoms with Crippen molar-refractivity contribution in [2.24, 2.45) is 0 Å². The lowest BCUT2D eigenvalue weighted by Gasteiger charge is -2.41. The summed E-state index contributed by atoms with van der Waals surface area (Å²) in [7, 11) is 1.71. The van der Waals surface area contributed by atoms with Crippen molar-refractivity contribution in [1.29, 1.82) is 0 Å². The van der Waals surface area contributed by atoms with Gasteiger partial charge in [0.1, 0.15) is 5.82 Å². The van der Waals surface area contributed by atoms with Gasteiger partial charge in [-0.15, -0.1) is 0 Å². The number of methoxy groups -OCH3 is 1. The Kier molecular flexibility index (Phi) is 4.11. The lowest BCUT2D eigenvalue weighted by Crippen LogP contribution is -2.47. The molecule has 1 N–H and O–H groups in total. The van der Waals surface area contributed by atoms with Crippen molar-refractivity contribution < 1.29 is 14.2 Å². The van der Waals surface area contributed by atoms with Crippen LogP contribution in [0.1, 0.15) is 38.4 Å². The fraction of sp³-hybridized carbons (Fsp3) is 0.600. The van der Waals surface area contributed by atoms with Crippen molar-refractivity contribution >= 4 is 5.69 Å². The molecule has 0 amide bonds. The molecular formula is C15H22FNO2. The molecule has 2 rings (SSSR count). The SMILES string of the molecule is COC1(C)CCCN(c2cccc(F)c2C(C)O)C1. The average Bonchev–Trinajstić information content (AvgIpc) is 2.38. The highest BCUT2D eigenvalue weighted by molar-refractivity contribution is 5.55. The van der Waals surface area contributed by atoms with Crippen LogP contribution in [0.25, 0.3) is 0 Å². The minimum Gasteiger partial charge on any atom is -0.389 e. The highest BCUT2D eigenvalue weighted by Crippen LogP contribution is 2.33. The number of piperidine rings is 1. The molecule has 0 aromatic heterocycles. The number of aliphatic hydroxyl groups excluding tert-OH is 1. The Morgan fingerprint density at radius 2 is 2.21 bits per heavy atom. The van der Waals surface area contributed by atoms with Gasteiger partial charge >= 0.3 is 0 Å². The third-order valence-corrected chi connectivity index (χ3v) is 3.94. The van der Waals surface area contributed by atoms with Gasteiger partial charge in [-0.2, -0.15) is 0 Å². The fourth-order valence-corrected chi connectivity index (χ4v) is 2.79. The molecule has 1 aromatic carbocycles. The molecule has 1 fully saturated rings. The number of aliphatic hydroxyl groups is 1. The summed E-state index contributed by atoms with van der Waals surface area (Å²) in [6, 6.07) is 4.95. The summed E-state index contributed by atoms with van der Waals surface area (Å²) >= 11 is 0. The Labute approximate surface area is 114 Å². The Morgan fingerprint density at radius 1 is 1.47 bits per heavy atom. The van der Waals surface area contributed by atoms with E-state index < -0.39 is 6.10 Å². The zero-order valence-electron chi connectivity index (χ0n) is 11.8. The molecule has 3 nitrogen and oxygen atoms in total. The second-order valence-electron chi connectivity index (χ2n) is 5.53. The quantitative estimate of drug-likeness (QED) is 0.914. The van der Waals surface area contributed by atoms with Gasteiger partial charge < -0.3 is 14.7 Å². The summed E-state index contributed by atoms with van der Waals surface area (Å²) in [5.41, 5.74) is 0.946. The molecule has 1 saturated heterocycles. The summed E-state index contributed by atoms with van der Waals surface area (Å²) < 4.78 is 19.5. The van der Waals surface area contributed by atoms with E-state index >= 15 is 0 Å². The van der Waals surface area contributed by atoms with E-state index in [9.17, 15) is 9.50 Å². The summed E-state index contributed by atoms with van der Waals surface area (Å²) in [6.07, 6.45) is 1.19. The third kappa shape index (κ3) is 2.90. The van der Waals surface area contributed by atoms with E-state index in [0.717, 1.165) is 25.1 Å². The summed E-state index contributed by atoms with van der Waals surface area (Å²) in [5, 5.41) is 9.81. The van der Waals surface area contributed by atoms with Gasteiger partial charge in [0.25, 0.3) is 0 Å². The highest BCUT2D eigenvalue weighted by Gasteiger charge is 2.32. The molecule has 0 saturated carbocycles. The van der Waals surface area contributed by atoms with Crippen molar-refractivity contribution in [1.82, 2.24) is 0 Å². The molecule has 1 aliphatic rings. The lowest BCUT2D eigenvalue weighted by molar-refractivity contribution is -0.00478. The third-order valence-electron chi connectivity index (χ3n) is 3.94. The van der Waals surface area contributed by atoms with Crippen LogP contribution in [0, 0.1) is 5.82 Å². The van der Waals surface area contributed by atoms with Crippen LogP contribution in [-0.2, 0) is 4.74 Å². The zero-order chi connectivity index (χ0) is 14.0. The zero-order valence-corrected chi connectivity index (χ0v) is 11.8. The minimum atomic E-state index is -0.813. The number of nitrogens with zero attached hydrogens (tertiary/aromatic N) is 1. The lowest BCUT2D eigenvalue weighted by atomic mass is 9.93. The number of rotatable bonds is 3. The summed E-state index contributed by atoms with van der Waals surface area (Å²) in [6.45, 7) is 5.25. The first kappa shape index (κ1) is 14.3. The van der Waals surface area contributed by atoms with Crippen molar-refractivity contribution in [2.75, 3.05) is 25.1 Å². The van der Waals surface area contributed by atoms with E-state index in [1.165, 1.54) is 6.07 Å².